The van der Waals surface area contributed by atoms with E-state index in [9.17, 15) is 4.39 Å². The van der Waals surface area contributed by atoms with Crippen molar-refractivity contribution in [3.63, 3.8) is 0 Å². The maximum absolute atomic E-state index is 14.6. The Kier molecular flexibility index (Phi) is 3.46. The first-order valence-corrected chi connectivity index (χ1v) is 7.66. The number of aromatic amines is 1. The van der Waals surface area contributed by atoms with Crippen molar-refractivity contribution in [3.05, 3.63) is 42.0 Å². The summed E-state index contributed by atoms with van der Waals surface area (Å²) in [5.74, 6) is 0.440. The largest absolute Gasteiger partial charge is 0.378 e. The summed E-state index contributed by atoms with van der Waals surface area (Å²) in [6.45, 7) is 4.69. The van der Waals surface area contributed by atoms with E-state index in [0.29, 0.717) is 43.3 Å². The zero-order valence-electron chi connectivity index (χ0n) is 12.8. The molecule has 0 bridgehead atoms. The number of hydrogen-bond donors (Lipinski definition) is 1. The number of anilines is 1. The van der Waals surface area contributed by atoms with Crippen LogP contribution in [0.1, 0.15) is 5.56 Å². The van der Waals surface area contributed by atoms with Gasteiger partial charge in [0.15, 0.2) is 5.82 Å². The van der Waals surface area contributed by atoms with Crippen LogP contribution in [0.15, 0.2) is 30.6 Å². The lowest BCUT2D eigenvalue weighted by Gasteiger charge is -2.29. The van der Waals surface area contributed by atoms with Crippen molar-refractivity contribution in [1.82, 2.24) is 15.0 Å². The van der Waals surface area contributed by atoms with Crippen LogP contribution < -0.4 is 4.90 Å². The van der Waals surface area contributed by atoms with E-state index in [1.807, 2.05) is 24.0 Å². The monoisotopic (exact) mass is 312 g/mol. The molecule has 0 amide bonds. The molecule has 1 aliphatic rings. The first kappa shape index (κ1) is 14.1. The lowest BCUT2D eigenvalue weighted by Crippen LogP contribution is -2.36. The number of rotatable bonds is 2. The first-order chi connectivity index (χ1) is 11.2. The zero-order chi connectivity index (χ0) is 15.8. The van der Waals surface area contributed by atoms with Crippen LogP contribution in [0.25, 0.3) is 22.4 Å². The third-order valence-corrected chi connectivity index (χ3v) is 4.18. The van der Waals surface area contributed by atoms with Gasteiger partial charge in [0.25, 0.3) is 0 Å². The Morgan fingerprint density at radius 1 is 1.22 bits per heavy atom. The standard InChI is InChI=1S/C17H17FN4O/c1-11-8-15(17-19-2-3-20-17)21-14-10-13(18)16(9-12(11)14)22-4-6-23-7-5-22/h2-3,8-10H,4-7H2,1H3,(H,19,20). The molecule has 23 heavy (non-hydrogen) atoms. The van der Waals surface area contributed by atoms with Crippen LogP contribution >= 0.6 is 0 Å². The Morgan fingerprint density at radius 2 is 2.04 bits per heavy atom. The molecule has 1 fully saturated rings. The molecule has 4 rings (SSSR count). The van der Waals surface area contributed by atoms with E-state index in [0.717, 1.165) is 16.6 Å². The number of hydrogen-bond acceptors (Lipinski definition) is 4. The van der Waals surface area contributed by atoms with Gasteiger partial charge in [-0.3, -0.25) is 0 Å². The number of ether oxygens (including phenoxy) is 1. The summed E-state index contributed by atoms with van der Waals surface area (Å²) in [4.78, 5) is 13.8. The molecule has 3 heterocycles. The normalized spacial score (nSPS) is 15.3. The van der Waals surface area contributed by atoms with E-state index in [-0.39, 0.29) is 5.82 Å². The van der Waals surface area contributed by atoms with E-state index in [1.165, 1.54) is 6.07 Å². The number of morpholine rings is 1. The number of pyridine rings is 1. The molecular formula is C17H17FN4O. The zero-order valence-corrected chi connectivity index (χ0v) is 12.8. The SMILES string of the molecule is Cc1cc(-c2ncc[nH]2)nc2cc(F)c(N3CCOCC3)cc12. The van der Waals surface area contributed by atoms with Crippen molar-refractivity contribution in [2.24, 2.45) is 0 Å². The predicted molar refractivity (Wildman–Crippen MR) is 87.1 cm³/mol. The summed E-state index contributed by atoms with van der Waals surface area (Å²) < 4.78 is 19.9. The van der Waals surface area contributed by atoms with Crippen molar-refractivity contribution in [1.29, 1.82) is 0 Å². The Morgan fingerprint density at radius 3 is 2.78 bits per heavy atom. The van der Waals surface area contributed by atoms with Gasteiger partial charge in [-0.2, -0.15) is 0 Å². The molecule has 0 saturated carbocycles. The molecule has 1 N–H and O–H groups in total. The number of nitrogens with zero attached hydrogens (tertiary/aromatic N) is 3. The highest BCUT2D eigenvalue weighted by Gasteiger charge is 2.17. The Labute approximate surface area is 133 Å². The van der Waals surface area contributed by atoms with Crippen LogP contribution in [0.4, 0.5) is 10.1 Å². The van der Waals surface area contributed by atoms with Gasteiger partial charge in [-0.25, -0.2) is 14.4 Å². The van der Waals surface area contributed by atoms with Gasteiger partial charge in [-0.1, -0.05) is 0 Å². The highest BCUT2D eigenvalue weighted by Crippen LogP contribution is 2.29. The third-order valence-electron chi connectivity index (χ3n) is 4.18. The second-order valence-electron chi connectivity index (χ2n) is 5.68. The molecule has 3 aromatic rings. The Balaban J connectivity index is 1.83. The molecule has 1 aliphatic heterocycles. The molecule has 2 aromatic heterocycles. The minimum absolute atomic E-state index is 0.247. The molecule has 0 aliphatic carbocycles. The molecule has 0 radical (unpaired) electrons. The summed E-state index contributed by atoms with van der Waals surface area (Å²) >= 11 is 0. The van der Waals surface area contributed by atoms with Crippen LogP contribution in [-0.4, -0.2) is 41.3 Å². The fourth-order valence-electron chi connectivity index (χ4n) is 2.98. The van der Waals surface area contributed by atoms with Crippen molar-refractivity contribution < 1.29 is 9.13 Å². The van der Waals surface area contributed by atoms with Gasteiger partial charge in [-0.05, 0) is 24.6 Å². The minimum Gasteiger partial charge on any atom is -0.378 e. The summed E-state index contributed by atoms with van der Waals surface area (Å²) in [6.07, 6.45) is 3.43. The van der Waals surface area contributed by atoms with Crippen molar-refractivity contribution >= 4 is 16.6 Å². The number of aromatic nitrogens is 3. The van der Waals surface area contributed by atoms with E-state index in [4.69, 9.17) is 4.74 Å². The number of fused-ring (bicyclic) bond motifs is 1. The quantitative estimate of drug-likeness (QED) is 0.790. The van der Waals surface area contributed by atoms with Gasteiger partial charge in [0.05, 0.1) is 24.4 Å². The van der Waals surface area contributed by atoms with Crippen LogP contribution in [0.2, 0.25) is 0 Å². The van der Waals surface area contributed by atoms with Crippen LogP contribution in [0.3, 0.4) is 0 Å². The van der Waals surface area contributed by atoms with E-state index in [2.05, 4.69) is 15.0 Å². The maximum Gasteiger partial charge on any atom is 0.156 e. The highest BCUT2D eigenvalue weighted by molar-refractivity contribution is 5.87. The summed E-state index contributed by atoms with van der Waals surface area (Å²) in [5.41, 5.74) is 3.04. The molecule has 6 heteroatoms. The number of aryl methyl sites for hydroxylation is 1. The van der Waals surface area contributed by atoms with Gasteiger partial charge >= 0.3 is 0 Å². The number of H-pyrrole nitrogens is 1. The predicted octanol–water partition coefficient (Wildman–Crippen LogP) is 2.91. The van der Waals surface area contributed by atoms with Gasteiger partial charge in [-0.15, -0.1) is 0 Å². The highest BCUT2D eigenvalue weighted by atomic mass is 19.1. The van der Waals surface area contributed by atoms with Crippen LogP contribution in [0, 0.1) is 12.7 Å². The fourth-order valence-corrected chi connectivity index (χ4v) is 2.98. The average Bonchev–Trinajstić information content (AvgIpc) is 3.09. The van der Waals surface area contributed by atoms with E-state index in [1.54, 1.807) is 12.4 Å². The fraction of sp³-hybridized carbons (Fsp3) is 0.294. The molecule has 5 nitrogen and oxygen atoms in total. The van der Waals surface area contributed by atoms with Gasteiger partial charge in [0.2, 0.25) is 0 Å². The maximum atomic E-state index is 14.6. The topological polar surface area (TPSA) is 54.0 Å². The van der Waals surface area contributed by atoms with Crippen molar-refractivity contribution in [2.75, 3.05) is 31.2 Å². The Bertz CT molecular complexity index is 841. The van der Waals surface area contributed by atoms with E-state index < -0.39 is 0 Å². The van der Waals surface area contributed by atoms with Crippen LogP contribution in [0.5, 0.6) is 0 Å². The van der Waals surface area contributed by atoms with Crippen LogP contribution in [-0.2, 0) is 4.74 Å². The molecule has 0 spiro atoms. The lowest BCUT2D eigenvalue weighted by atomic mass is 10.1. The summed E-state index contributed by atoms with van der Waals surface area (Å²) in [6, 6.07) is 5.38. The molecule has 1 aromatic carbocycles. The number of nitrogens with one attached hydrogen (secondary N) is 1. The average molecular weight is 312 g/mol. The second kappa shape index (κ2) is 5.62. The smallest absolute Gasteiger partial charge is 0.156 e. The lowest BCUT2D eigenvalue weighted by molar-refractivity contribution is 0.122. The van der Waals surface area contributed by atoms with Gasteiger partial charge in [0.1, 0.15) is 11.5 Å². The molecular weight excluding hydrogens is 295 g/mol. The number of benzene rings is 1. The Hall–Kier alpha value is -2.47. The summed E-state index contributed by atoms with van der Waals surface area (Å²) in [5, 5.41) is 0.961. The molecule has 0 atom stereocenters. The first-order valence-electron chi connectivity index (χ1n) is 7.66. The molecule has 1 saturated heterocycles. The minimum atomic E-state index is -0.247. The molecule has 118 valence electrons. The van der Waals surface area contributed by atoms with Gasteiger partial charge in [0, 0.05) is 36.9 Å². The second-order valence-corrected chi connectivity index (χ2v) is 5.68. The van der Waals surface area contributed by atoms with Crippen molar-refractivity contribution in [2.45, 2.75) is 6.92 Å². The number of imidazole rings is 1. The van der Waals surface area contributed by atoms with E-state index >= 15 is 0 Å². The number of halogens is 1. The summed E-state index contributed by atoms with van der Waals surface area (Å²) in [7, 11) is 0. The molecule has 0 unspecified atom stereocenters. The third kappa shape index (κ3) is 2.55. The van der Waals surface area contributed by atoms with Gasteiger partial charge < -0.3 is 14.6 Å². The van der Waals surface area contributed by atoms with Crippen molar-refractivity contribution in [3.8, 4) is 11.5 Å².